The van der Waals surface area contributed by atoms with Crippen LogP contribution < -0.4 is 22.3 Å². The lowest BCUT2D eigenvalue weighted by Gasteiger charge is -2.28. The van der Waals surface area contributed by atoms with Gasteiger partial charge in [0, 0.05) is 11.6 Å². The Bertz CT molecular complexity index is 1310. The molecular weight excluding hydrogens is 507 g/mol. The van der Waals surface area contributed by atoms with Gasteiger partial charge in [-0.3, -0.25) is 15.2 Å². The van der Waals surface area contributed by atoms with Gasteiger partial charge in [-0.1, -0.05) is 23.4 Å². The molecule has 7 N–H and O–H groups in total. The highest BCUT2D eigenvalue weighted by molar-refractivity contribution is 6.10. The normalized spacial score (nSPS) is 14.2. The zero-order chi connectivity index (χ0) is 27.2. The first-order valence-electron chi connectivity index (χ1n) is 10.2. The molecule has 0 fully saturated rings. The van der Waals surface area contributed by atoms with Crippen molar-refractivity contribution in [2.75, 3.05) is 11.9 Å². The molecule has 0 aliphatic heterocycles. The van der Waals surface area contributed by atoms with Crippen molar-refractivity contribution >= 4 is 23.1 Å². The number of amides is 1. The van der Waals surface area contributed by atoms with Crippen molar-refractivity contribution in [2.45, 2.75) is 18.3 Å². The van der Waals surface area contributed by atoms with Crippen LogP contribution in [0.2, 0.25) is 0 Å². The van der Waals surface area contributed by atoms with Crippen molar-refractivity contribution in [3.63, 3.8) is 0 Å². The van der Waals surface area contributed by atoms with E-state index < -0.39 is 41.7 Å². The molecule has 3 rings (SSSR count). The SMILES string of the molecule is NNC(=O)C(O)(CNc1nc(C(N)=CC(=NCc2ccccc2F)c2ccon2)ncc1F)C(F)(F)F. The summed E-state index contributed by atoms with van der Waals surface area (Å²) in [7, 11) is 0. The quantitative estimate of drug-likeness (QED) is 0.0907. The Labute approximate surface area is 205 Å². The molecule has 0 saturated heterocycles. The molecule has 0 radical (unpaired) electrons. The Morgan fingerprint density at radius 1 is 1.19 bits per heavy atom. The molecule has 1 amide bonds. The number of nitrogens with two attached hydrogens (primary N) is 2. The number of nitrogens with one attached hydrogen (secondary N) is 2. The van der Waals surface area contributed by atoms with Gasteiger partial charge in [0.1, 0.15) is 17.8 Å². The molecule has 196 valence electrons. The lowest BCUT2D eigenvalue weighted by Crippen LogP contribution is -2.62. The smallest absolute Gasteiger partial charge is 0.396 e. The lowest BCUT2D eigenvalue weighted by atomic mass is 10.0. The van der Waals surface area contributed by atoms with Gasteiger partial charge in [-0.25, -0.2) is 24.6 Å². The predicted octanol–water partition coefficient (Wildman–Crippen LogP) is 1.43. The van der Waals surface area contributed by atoms with Crippen LogP contribution in [0.25, 0.3) is 5.70 Å². The molecule has 1 unspecified atom stereocenters. The Morgan fingerprint density at radius 2 is 1.92 bits per heavy atom. The zero-order valence-corrected chi connectivity index (χ0v) is 18.6. The molecule has 37 heavy (non-hydrogen) atoms. The van der Waals surface area contributed by atoms with Gasteiger partial charge in [0.25, 0.3) is 11.5 Å². The van der Waals surface area contributed by atoms with E-state index in [1.165, 1.54) is 42.0 Å². The number of aromatic nitrogens is 3. The fourth-order valence-corrected chi connectivity index (χ4v) is 2.82. The maximum absolute atomic E-state index is 14.2. The first-order valence-corrected chi connectivity index (χ1v) is 10.2. The second-order valence-corrected chi connectivity index (χ2v) is 7.35. The highest BCUT2D eigenvalue weighted by Crippen LogP contribution is 2.31. The summed E-state index contributed by atoms with van der Waals surface area (Å²) >= 11 is 0. The number of hydrazine groups is 1. The molecular formula is C21H19F5N8O3. The van der Waals surface area contributed by atoms with Crippen LogP contribution in [-0.2, 0) is 11.3 Å². The van der Waals surface area contributed by atoms with Crippen LogP contribution in [0.4, 0.5) is 27.8 Å². The Kier molecular flexibility index (Phi) is 8.14. The van der Waals surface area contributed by atoms with E-state index in [9.17, 15) is 31.9 Å². The molecule has 1 atom stereocenters. The monoisotopic (exact) mass is 526 g/mol. The molecule has 2 heterocycles. The molecule has 0 aliphatic rings. The lowest BCUT2D eigenvalue weighted by molar-refractivity contribution is -0.246. The van der Waals surface area contributed by atoms with Crippen LogP contribution in [-0.4, -0.2) is 50.2 Å². The molecule has 16 heteroatoms. The maximum atomic E-state index is 14.2. The number of benzene rings is 1. The minimum atomic E-state index is -5.46. The van der Waals surface area contributed by atoms with Crippen LogP contribution in [0.5, 0.6) is 0 Å². The number of allylic oxidation sites excluding steroid dienone is 1. The molecule has 1 aromatic carbocycles. The number of aliphatic imine (C=N–C) groups is 1. The molecule has 0 bridgehead atoms. The molecule has 0 spiro atoms. The summed E-state index contributed by atoms with van der Waals surface area (Å²) in [5, 5.41) is 15.5. The number of alkyl halides is 3. The van der Waals surface area contributed by atoms with Gasteiger partial charge in [-0.15, -0.1) is 0 Å². The molecule has 0 saturated carbocycles. The topological polar surface area (TPSA) is 178 Å². The second-order valence-electron chi connectivity index (χ2n) is 7.35. The fraction of sp³-hybridized carbons (Fsp3) is 0.190. The highest BCUT2D eigenvalue weighted by atomic mass is 19.4. The molecule has 3 aromatic rings. The number of carbonyl (C=O) groups excluding carboxylic acids is 1. The highest BCUT2D eigenvalue weighted by Gasteiger charge is 2.59. The van der Waals surface area contributed by atoms with E-state index in [1.54, 1.807) is 6.07 Å². The standard InChI is InChI=1S/C21H19F5N8O3/c22-12-4-2-1-3-11(12)8-29-16(15-5-6-37-34-15)7-14(27)18-30-9-13(23)17(32-18)31-10-20(36,19(35)33-28)21(24,25)26/h1-7,9,36H,8,10,27-28H2,(H,33,35)(H,30,31,32). The van der Waals surface area contributed by atoms with E-state index in [1.807, 2.05) is 5.32 Å². The Hall–Kier alpha value is -4.44. The molecule has 11 nitrogen and oxygen atoms in total. The van der Waals surface area contributed by atoms with Crippen molar-refractivity contribution in [2.24, 2.45) is 16.6 Å². The van der Waals surface area contributed by atoms with Gasteiger partial charge in [0.2, 0.25) is 0 Å². The van der Waals surface area contributed by atoms with Crippen molar-refractivity contribution in [1.82, 2.24) is 20.6 Å². The van der Waals surface area contributed by atoms with Crippen LogP contribution in [0.15, 0.2) is 58.4 Å². The number of halogens is 5. The summed E-state index contributed by atoms with van der Waals surface area (Å²) in [6, 6.07) is 7.33. The maximum Gasteiger partial charge on any atom is 0.428 e. The van der Waals surface area contributed by atoms with E-state index in [4.69, 9.17) is 16.1 Å². The van der Waals surface area contributed by atoms with E-state index in [0.29, 0.717) is 6.20 Å². The number of hydrogen-bond acceptors (Lipinski definition) is 10. The van der Waals surface area contributed by atoms with Gasteiger partial charge < -0.3 is 20.7 Å². The van der Waals surface area contributed by atoms with Crippen molar-refractivity contribution in [3.05, 3.63) is 77.6 Å². The van der Waals surface area contributed by atoms with Crippen LogP contribution in [0, 0.1) is 11.6 Å². The fourth-order valence-electron chi connectivity index (χ4n) is 2.82. The van der Waals surface area contributed by atoms with Crippen molar-refractivity contribution < 1.29 is 36.4 Å². The number of rotatable bonds is 9. The van der Waals surface area contributed by atoms with Crippen molar-refractivity contribution in [1.29, 1.82) is 0 Å². The Balaban J connectivity index is 1.90. The second kappa shape index (κ2) is 11.1. The van der Waals surface area contributed by atoms with E-state index in [-0.39, 0.29) is 35.0 Å². The average molecular weight is 526 g/mol. The Morgan fingerprint density at radius 3 is 2.54 bits per heavy atom. The van der Waals surface area contributed by atoms with E-state index in [2.05, 4.69) is 20.1 Å². The van der Waals surface area contributed by atoms with Gasteiger partial charge >= 0.3 is 6.18 Å². The summed E-state index contributed by atoms with van der Waals surface area (Å²) in [6.07, 6.45) is -2.40. The van der Waals surface area contributed by atoms with Gasteiger partial charge in [-0.05, 0) is 12.1 Å². The molecule has 2 aromatic heterocycles. The average Bonchev–Trinajstić information content (AvgIpc) is 3.40. The van der Waals surface area contributed by atoms with Gasteiger partial charge in [0.05, 0.1) is 30.7 Å². The zero-order valence-electron chi connectivity index (χ0n) is 18.6. The van der Waals surface area contributed by atoms with Crippen LogP contribution in [0.3, 0.4) is 0 Å². The number of anilines is 1. The van der Waals surface area contributed by atoms with Crippen LogP contribution in [0.1, 0.15) is 17.1 Å². The largest absolute Gasteiger partial charge is 0.428 e. The number of aliphatic hydroxyl groups is 1. The van der Waals surface area contributed by atoms with E-state index in [0.717, 1.165) is 0 Å². The summed E-state index contributed by atoms with van der Waals surface area (Å²) < 4.78 is 72.7. The van der Waals surface area contributed by atoms with Crippen LogP contribution >= 0.6 is 0 Å². The third-order valence-electron chi connectivity index (χ3n) is 4.86. The molecule has 0 aliphatic carbocycles. The first kappa shape index (κ1) is 27.2. The third-order valence-corrected chi connectivity index (χ3v) is 4.86. The van der Waals surface area contributed by atoms with Gasteiger partial charge in [0.15, 0.2) is 17.5 Å². The number of nitrogens with zero attached hydrogens (tertiary/aromatic N) is 4. The summed E-state index contributed by atoms with van der Waals surface area (Å²) in [5.41, 5.74) is 3.53. The number of hydrogen-bond donors (Lipinski definition) is 5. The minimum Gasteiger partial charge on any atom is -0.396 e. The van der Waals surface area contributed by atoms with Gasteiger partial charge in [-0.2, -0.15) is 13.2 Å². The minimum absolute atomic E-state index is 0.100. The third kappa shape index (κ3) is 6.22. The summed E-state index contributed by atoms with van der Waals surface area (Å²) in [5.74, 6) is -0.131. The number of carbonyl (C=O) groups is 1. The van der Waals surface area contributed by atoms with E-state index >= 15 is 0 Å². The summed E-state index contributed by atoms with van der Waals surface area (Å²) in [4.78, 5) is 23.2. The predicted molar refractivity (Wildman–Crippen MR) is 119 cm³/mol. The first-order chi connectivity index (χ1) is 17.5. The summed E-state index contributed by atoms with van der Waals surface area (Å²) in [6.45, 7) is -1.65. The van der Waals surface area contributed by atoms with Crippen molar-refractivity contribution in [3.8, 4) is 0 Å².